The number of fused-ring (bicyclic) bond motifs is 9. The van der Waals surface area contributed by atoms with E-state index in [4.69, 9.17) is 10.2 Å². The van der Waals surface area contributed by atoms with Crippen molar-refractivity contribution in [3.8, 4) is 22.5 Å². The summed E-state index contributed by atoms with van der Waals surface area (Å²) in [6, 6.07) is 43.4. The van der Waals surface area contributed by atoms with Crippen molar-refractivity contribution < 1.29 is 0 Å². The summed E-state index contributed by atoms with van der Waals surface area (Å²) in [6.07, 6.45) is 0. The molecule has 0 atom stereocenters. The monoisotopic (exact) mass is 526 g/mol. The molecule has 4 nitrogen and oxygen atoms in total. The van der Waals surface area contributed by atoms with Crippen molar-refractivity contribution in [2.45, 2.75) is 19.3 Å². The zero-order chi connectivity index (χ0) is 27.3. The quantitative estimate of drug-likeness (QED) is 0.225. The molecule has 4 heteroatoms. The minimum absolute atomic E-state index is 0.0785. The number of para-hydroxylation sites is 2. The van der Waals surface area contributed by atoms with Crippen LogP contribution in [0, 0.1) is 0 Å². The number of benzene rings is 6. The van der Waals surface area contributed by atoms with Crippen LogP contribution in [0.15, 0.2) is 121 Å². The SMILES string of the molecule is CC1(C)c2ccccc2-c2ccc(-n3nc4cc(-n5c6ccccc6c6ccccc65)c5ccccc5c4n3)cc21. The highest BCUT2D eigenvalue weighted by atomic mass is 15.5. The first-order chi connectivity index (χ1) is 20.1. The van der Waals surface area contributed by atoms with E-state index >= 15 is 0 Å². The molecule has 0 saturated carbocycles. The zero-order valence-electron chi connectivity index (χ0n) is 22.8. The van der Waals surface area contributed by atoms with Gasteiger partial charge < -0.3 is 4.57 Å². The number of aromatic nitrogens is 4. The maximum atomic E-state index is 5.08. The minimum atomic E-state index is -0.0785. The van der Waals surface area contributed by atoms with Gasteiger partial charge in [-0.25, -0.2) is 0 Å². The van der Waals surface area contributed by atoms with E-state index in [2.05, 4.69) is 140 Å². The van der Waals surface area contributed by atoms with Crippen LogP contribution in [0.1, 0.15) is 25.0 Å². The third-order valence-corrected chi connectivity index (χ3v) is 8.99. The molecule has 0 aliphatic heterocycles. The molecule has 0 saturated heterocycles. The van der Waals surface area contributed by atoms with E-state index < -0.39 is 0 Å². The van der Waals surface area contributed by atoms with Gasteiger partial charge in [0.25, 0.3) is 0 Å². The summed E-state index contributed by atoms with van der Waals surface area (Å²) in [4.78, 5) is 1.81. The van der Waals surface area contributed by atoms with E-state index in [1.54, 1.807) is 0 Å². The Hall–Kier alpha value is -5.22. The van der Waals surface area contributed by atoms with Crippen LogP contribution < -0.4 is 0 Å². The highest BCUT2D eigenvalue weighted by Crippen LogP contribution is 2.49. The van der Waals surface area contributed by atoms with Crippen molar-refractivity contribution in [2.75, 3.05) is 0 Å². The standard InChI is InChI=1S/C37H26N4/c1-37(2)30-16-8-5-11-24(30)25-20-19-23(21-31(25)37)41-38-32-22-35(28-14-3-4-15-29(28)36(32)39-41)40-33-17-9-6-12-26(33)27-13-7-10-18-34(27)40/h3-22H,1-2H3. The van der Waals surface area contributed by atoms with Gasteiger partial charge in [-0.05, 0) is 52.6 Å². The minimum Gasteiger partial charge on any atom is -0.309 e. The second-order valence-electron chi connectivity index (χ2n) is 11.6. The normalized spacial score (nSPS) is 13.8. The van der Waals surface area contributed by atoms with Gasteiger partial charge in [-0.1, -0.05) is 105 Å². The van der Waals surface area contributed by atoms with Gasteiger partial charge in [0.05, 0.1) is 22.4 Å². The first-order valence-corrected chi connectivity index (χ1v) is 14.1. The van der Waals surface area contributed by atoms with Crippen molar-refractivity contribution in [2.24, 2.45) is 0 Å². The van der Waals surface area contributed by atoms with Gasteiger partial charge in [0.15, 0.2) is 0 Å². The van der Waals surface area contributed by atoms with E-state index in [9.17, 15) is 0 Å². The smallest absolute Gasteiger partial charge is 0.121 e. The molecule has 9 rings (SSSR count). The molecular weight excluding hydrogens is 500 g/mol. The largest absolute Gasteiger partial charge is 0.309 e. The van der Waals surface area contributed by atoms with Gasteiger partial charge in [-0.15, -0.1) is 10.2 Å². The second-order valence-corrected chi connectivity index (χ2v) is 11.6. The molecule has 0 unspecified atom stereocenters. The highest BCUT2D eigenvalue weighted by molar-refractivity contribution is 6.13. The van der Waals surface area contributed by atoms with Crippen LogP contribution in [0.25, 0.3) is 66.1 Å². The summed E-state index contributed by atoms with van der Waals surface area (Å²) >= 11 is 0. The van der Waals surface area contributed by atoms with E-state index in [-0.39, 0.29) is 5.41 Å². The molecule has 0 radical (unpaired) electrons. The third-order valence-electron chi connectivity index (χ3n) is 8.99. The average Bonchev–Trinajstić information content (AvgIpc) is 3.66. The van der Waals surface area contributed by atoms with Gasteiger partial charge in [0.1, 0.15) is 11.0 Å². The number of rotatable bonds is 2. The van der Waals surface area contributed by atoms with E-state index in [1.807, 2.05) is 4.80 Å². The molecule has 0 amide bonds. The molecule has 1 aliphatic carbocycles. The molecule has 0 spiro atoms. The highest BCUT2D eigenvalue weighted by Gasteiger charge is 2.35. The summed E-state index contributed by atoms with van der Waals surface area (Å²) in [5, 5.41) is 14.9. The number of hydrogen-bond acceptors (Lipinski definition) is 2. The van der Waals surface area contributed by atoms with Gasteiger partial charge in [-0.2, -0.15) is 4.80 Å². The molecule has 0 bridgehead atoms. The Morgan fingerprint density at radius 2 is 1.15 bits per heavy atom. The van der Waals surface area contributed by atoms with Crippen LogP contribution in [0.5, 0.6) is 0 Å². The van der Waals surface area contributed by atoms with Crippen molar-refractivity contribution in [3.05, 3.63) is 132 Å². The fourth-order valence-electron chi connectivity index (χ4n) is 7.03. The maximum absolute atomic E-state index is 5.08. The fraction of sp³-hybridized carbons (Fsp3) is 0.0811. The molecule has 6 aromatic carbocycles. The molecule has 194 valence electrons. The van der Waals surface area contributed by atoms with Crippen LogP contribution in [-0.2, 0) is 5.41 Å². The molecule has 0 N–H and O–H groups in total. The lowest BCUT2D eigenvalue weighted by Gasteiger charge is -2.21. The average molecular weight is 527 g/mol. The Labute approximate surface area is 237 Å². The molecular formula is C37H26N4. The predicted octanol–water partition coefficient (Wildman–Crippen LogP) is 8.98. The van der Waals surface area contributed by atoms with Gasteiger partial charge in [0.2, 0.25) is 0 Å². The van der Waals surface area contributed by atoms with Crippen molar-refractivity contribution in [1.29, 1.82) is 0 Å². The van der Waals surface area contributed by atoms with Crippen molar-refractivity contribution in [3.63, 3.8) is 0 Å². The van der Waals surface area contributed by atoms with Crippen LogP contribution in [0.2, 0.25) is 0 Å². The Morgan fingerprint density at radius 1 is 0.537 bits per heavy atom. The lowest BCUT2D eigenvalue weighted by Crippen LogP contribution is -2.15. The molecule has 0 fully saturated rings. The van der Waals surface area contributed by atoms with Gasteiger partial charge >= 0.3 is 0 Å². The lowest BCUT2D eigenvalue weighted by molar-refractivity contribution is 0.657. The fourth-order valence-corrected chi connectivity index (χ4v) is 7.03. The van der Waals surface area contributed by atoms with Crippen molar-refractivity contribution in [1.82, 2.24) is 19.6 Å². The van der Waals surface area contributed by atoms with Crippen LogP contribution in [0.4, 0.5) is 0 Å². The summed E-state index contributed by atoms with van der Waals surface area (Å²) in [5.74, 6) is 0. The van der Waals surface area contributed by atoms with E-state index in [0.717, 1.165) is 33.2 Å². The third kappa shape index (κ3) is 2.99. The number of hydrogen-bond donors (Lipinski definition) is 0. The maximum Gasteiger partial charge on any atom is 0.121 e. The topological polar surface area (TPSA) is 35.6 Å². The Kier molecular flexibility index (Phi) is 4.36. The van der Waals surface area contributed by atoms with Crippen molar-refractivity contribution >= 4 is 43.6 Å². The van der Waals surface area contributed by atoms with Crippen LogP contribution in [-0.4, -0.2) is 19.6 Å². The number of nitrogens with zero attached hydrogens (tertiary/aromatic N) is 4. The first-order valence-electron chi connectivity index (χ1n) is 14.1. The predicted molar refractivity (Wildman–Crippen MR) is 168 cm³/mol. The van der Waals surface area contributed by atoms with Gasteiger partial charge in [-0.3, -0.25) is 0 Å². The van der Waals surface area contributed by atoms with Crippen LogP contribution >= 0.6 is 0 Å². The lowest BCUT2D eigenvalue weighted by atomic mass is 9.82. The Bertz CT molecular complexity index is 2300. The Balaban J connectivity index is 1.29. The summed E-state index contributed by atoms with van der Waals surface area (Å²) in [5.41, 5.74) is 11.5. The summed E-state index contributed by atoms with van der Waals surface area (Å²) in [6.45, 7) is 4.61. The molecule has 2 heterocycles. The first kappa shape index (κ1) is 22.6. The summed E-state index contributed by atoms with van der Waals surface area (Å²) in [7, 11) is 0. The molecule has 2 aromatic heterocycles. The zero-order valence-corrected chi connectivity index (χ0v) is 22.8. The molecule has 41 heavy (non-hydrogen) atoms. The molecule has 8 aromatic rings. The van der Waals surface area contributed by atoms with E-state index in [1.165, 1.54) is 44.1 Å². The summed E-state index contributed by atoms with van der Waals surface area (Å²) < 4.78 is 2.38. The van der Waals surface area contributed by atoms with Gasteiger partial charge in [0, 0.05) is 27.0 Å². The van der Waals surface area contributed by atoms with E-state index in [0.29, 0.717) is 0 Å². The Morgan fingerprint density at radius 3 is 1.90 bits per heavy atom. The van der Waals surface area contributed by atoms with Crippen LogP contribution in [0.3, 0.4) is 0 Å². The second kappa shape index (κ2) is 7.92. The molecule has 1 aliphatic rings.